The van der Waals surface area contributed by atoms with Crippen LogP contribution in [0.5, 0.6) is 0 Å². The van der Waals surface area contributed by atoms with Crippen LogP contribution in [0.15, 0.2) is 77.8 Å². The van der Waals surface area contributed by atoms with Crippen LogP contribution in [0.3, 0.4) is 0 Å². The van der Waals surface area contributed by atoms with Crippen LogP contribution in [-0.4, -0.2) is 97.9 Å². The van der Waals surface area contributed by atoms with Crippen molar-refractivity contribution in [2.45, 2.75) is 211 Å². The molecule has 73 heavy (non-hydrogen) atoms. The van der Waals surface area contributed by atoms with E-state index < -0.39 is 83.7 Å². The molecule has 19 nitrogen and oxygen atoms in total. The lowest BCUT2D eigenvalue weighted by molar-refractivity contribution is -0.161. The number of aliphatic hydroxyl groups excluding tert-OH is 2. The molecule has 0 aliphatic carbocycles. The van der Waals surface area contributed by atoms with Gasteiger partial charge in [-0.15, -0.1) is 0 Å². The minimum atomic E-state index is -5.44. The van der Waals surface area contributed by atoms with E-state index in [0.29, 0.717) is 25.4 Å². The van der Waals surface area contributed by atoms with Gasteiger partial charge < -0.3 is 44.7 Å². The molecule has 9 atom stereocenters. The summed E-state index contributed by atoms with van der Waals surface area (Å²) in [5.74, 6) is -1.38. The SMILES string of the molecule is CCCCC/C=C\C/C=C\CCCCCCCCCC(=O)O[C@H](COC(=O)CCC/C=C\C/C=C\CC1OC1C/C=C\CCCCC)COP(=O)(O)OP(=O)(O)OC[C@H]1O[C@@H](n2ccc(N)nc2=O)[C@H](O)[C@@H]1O. The van der Waals surface area contributed by atoms with E-state index in [2.05, 4.69) is 71.8 Å². The summed E-state index contributed by atoms with van der Waals surface area (Å²) in [5.41, 5.74) is 4.59. The van der Waals surface area contributed by atoms with Crippen molar-refractivity contribution in [1.82, 2.24) is 9.55 Å². The van der Waals surface area contributed by atoms with Crippen molar-refractivity contribution in [2.75, 3.05) is 25.6 Å². The van der Waals surface area contributed by atoms with Crippen LogP contribution in [0.4, 0.5) is 5.82 Å². The second-order valence-electron chi connectivity index (χ2n) is 18.4. The number of nitrogens with two attached hydrogens (primary N) is 1. The van der Waals surface area contributed by atoms with Gasteiger partial charge >= 0.3 is 33.3 Å². The maximum atomic E-state index is 12.9. The predicted octanol–water partition coefficient (Wildman–Crippen LogP) is 10.1. The Kier molecular flexibility index (Phi) is 32.5. The van der Waals surface area contributed by atoms with Gasteiger partial charge in [0.25, 0.3) is 0 Å². The first-order valence-electron chi connectivity index (χ1n) is 26.4. The lowest BCUT2D eigenvalue weighted by Gasteiger charge is -2.21. The Morgan fingerprint density at radius 1 is 0.671 bits per heavy atom. The summed E-state index contributed by atoms with van der Waals surface area (Å²) in [5, 5.41) is 20.9. The maximum absolute atomic E-state index is 12.9. The minimum absolute atomic E-state index is 0.0244. The lowest BCUT2D eigenvalue weighted by Crippen LogP contribution is -2.36. The number of nitrogens with zero attached hydrogens (tertiary/aromatic N) is 2. The van der Waals surface area contributed by atoms with Crippen molar-refractivity contribution in [3.05, 3.63) is 83.5 Å². The Bertz CT molecular complexity index is 2030. The normalized spacial score (nSPS) is 22.2. The Morgan fingerprint density at radius 3 is 1.81 bits per heavy atom. The Balaban J connectivity index is 1.40. The second-order valence-corrected chi connectivity index (χ2v) is 21.4. The van der Waals surface area contributed by atoms with Crippen molar-refractivity contribution in [1.29, 1.82) is 0 Å². The molecule has 2 aliphatic rings. The number of epoxide rings is 1. The lowest BCUT2D eigenvalue weighted by atomic mass is 10.1. The largest absolute Gasteiger partial charge is 0.481 e. The zero-order valence-electron chi connectivity index (χ0n) is 43.1. The zero-order chi connectivity index (χ0) is 53.2. The van der Waals surface area contributed by atoms with Gasteiger partial charge in [-0.3, -0.25) is 23.2 Å². The predicted molar refractivity (Wildman–Crippen MR) is 279 cm³/mol. The van der Waals surface area contributed by atoms with Crippen LogP contribution in [0.1, 0.15) is 174 Å². The third-order valence-electron chi connectivity index (χ3n) is 12.0. The van der Waals surface area contributed by atoms with E-state index in [9.17, 15) is 43.5 Å². The van der Waals surface area contributed by atoms with Gasteiger partial charge in [-0.25, -0.2) is 13.9 Å². The molecule has 1 aromatic heterocycles. The van der Waals surface area contributed by atoms with Crippen LogP contribution in [0, 0.1) is 0 Å². The molecule has 0 bridgehead atoms. The number of phosphoric acid groups is 2. The van der Waals surface area contributed by atoms with Gasteiger partial charge in [0.2, 0.25) is 0 Å². The second kappa shape index (κ2) is 37.2. The fraction of sp³-hybridized carbons (Fsp3) is 0.692. The summed E-state index contributed by atoms with van der Waals surface area (Å²) < 4.78 is 62.6. The summed E-state index contributed by atoms with van der Waals surface area (Å²) in [4.78, 5) is 62.0. The van der Waals surface area contributed by atoms with Crippen LogP contribution < -0.4 is 11.4 Å². The minimum Gasteiger partial charge on any atom is -0.462 e. The molecule has 0 aromatic carbocycles. The Morgan fingerprint density at radius 2 is 1.19 bits per heavy atom. The molecule has 3 heterocycles. The van der Waals surface area contributed by atoms with E-state index in [1.165, 1.54) is 44.6 Å². The van der Waals surface area contributed by atoms with Gasteiger partial charge in [0.15, 0.2) is 12.3 Å². The topological polar surface area (TPSA) is 278 Å². The van der Waals surface area contributed by atoms with Crippen molar-refractivity contribution >= 4 is 33.4 Å². The molecular formula is C52H85N3O16P2. The van der Waals surface area contributed by atoms with E-state index in [0.717, 1.165) is 94.2 Å². The molecule has 4 unspecified atom stereocenters. The average molecular weight is 1070 g/mol. The summed E-state index contributed by atoms with van der Waals surface area (Å²) in [6.45, 7) is 2.04. The molecular weight excluding hydrogens is 985 g/mol. The van der Waals surface area contributed by atoms with Gasteiger partial charge in [0.05, 0.1) is 25.4 Å². The number of carbonyl (C=O) groups excluding carboxylic acids is 2. The van der Waals surface area contributed by atoms with Crippen molar-refractivity contribution < 1.29 is 71.0 Å². The monoisotopic (exact) mass is 1070 g/mol. The highest BCUT2D eigenvalue weighted by Crippen LogP contribution is 2.60. The summed E-state index contributed by atoms with van der Waals surface area (Å²) in [6.07, 6.45) is 37.5. The summed E-state index contributed by atoms with van der Waals surface area (Å²) in [7, 11) is -10.9. The van der Waals surface area contributed by atoms with Crippen LogP contribution in [0.2, 0.25) is 0 Å². The first kappa shape index (κ1) is 63.7. The molecule has 0 spiro atoms. The van der Waals surface area contributed by atoms with Crippen molar-refractivity contribution in [2.24, 2.45) is 0 Å². The highest BCUT2D eigenvalue weighted by molar-refractivity contribution is 7.61. The first-order chi connectivity index (χ1) is 35.1. The molecule has 0 radical (unpaired) electrons. The van der Waals surface area contributed by atoms with E-state index in [4.69, 9.17) is 33.7 Å². The van der Waals surface area contributed by atoms with Gasteiger partial charge in [0.1, 0.15) is 30.7 Å². The summed E-state index contributed by atoms with van der Waals surface area (Å²) in [6, 6.07) is 1.24. The number of allylic oxidation sites excluding steroid dienone is 8. The molecule has 0 saturated carbocycles. The number of phosphoric ester groups is 2. The van der Waals surface area contributed by atoms with Gasteiger partial charge in [-0.05, 0) is 89.5 Å². The third-order valence-corrected chi connectivity index (χ3v) is 14.6. The van der Waals surface area contributed by atoms with Crippen molar-refractivity contribution in [3.63, 3.8) is 0 Å². The molecule has 2 aliphatic heterocycles. The van der Waals surface area contributed by atoms with E-state index >= 15 is 0 Å². The number of rotatable bonds is 42. The maximum Gasteiger partial charge on any atom is 0.481 e. The van der Waals surface area contributed by atoms with Gasteiger partial charge in [-0.2, -0.15) is 9.29 Å². The number of unbranched alkanes of at least 4 members (excludes halogenated alkanes) is 14. The number of anilines is 1. The molecule has 1 aromatic rings. The Labute approximate surface area is 432 Å². The van der Waals surface area contributed by atoms with Crippen LogP contribution >= 0.6 is 15.6 Å². The number of hydrogen-bond acceptors (Lipinski definition) is 16. The van der Waals surface area contributed by atoms with Gasteiger partial charge in [-0.1, -0.05) is 132 Å². The quantitative estimate of drug-likeness (QED) is 0.0134. The molecule has 414 valence electrons. The molecule has 6 N–H and O–H groups in total. The van der Waals surface area contributed by atoms with Crippen LogP contribution in [-0.2, 0) is 51.0 Å². The molecule has 0 amide bonds. The van der Waals surface area contributed by atoms with Crippen LogP contribution in [0.25, 0.3) is 0 Å². The molecule has 3 rings (SSSR count). The van der Waals surface area contributed by atoms with E-state index in [1.807, 2.05) is 12.2 Å². The Hall–Kier alpha value is -3.58. The average Bonchev–Trinajstić information content (AvgIpc) is 4.04. The molecule has 21 heteroatoms. The number of hydrogen-bond donors (Lipinski definition) is 5. The van der Waals surface area contributed by atoms with Gasteiger partial charge in [0, 0.05) is 19.0 Å². The first-order valence-corrected chi connectivity index (χ1v) is 29.4. The number of esters is 2. The van der Waals surface area contributed by atoms with E-state index in [1.54, 1.807) is 0 Å². The number of ether oxygens (including phenoxy) is 4. The van der Waals surface area contributed by atoms with E-state index in [-0.39, 0.29) is 24.8 Å². The number of aromatic nitrogens is 2. The highest BCUT2D eigenvalue weighted by Gasteiger charge is 2.46. The fourth-order valence-electron chi connectivity index (χ4n) is 7.73. The fourth-order valence-corrected chi connectivity index (χ4v) is 9.84. The summed E-state index contributed by atoms with van der Waals surface area (Å²) >= 11 is 0. The molecule has 2 saturated heterocycles. The number of aliphatic hydroxyl groups is 2. The van der Waals surface area contributed by atoms with Crippen molar-refractivity contribution in [3.8, 4) is 0 Å². The smallest absolute Gasteiger partial charge is 0.462 e. The zero-order valence-corrected chi connectivity index (χ0v) is 44.9. The highest BCUT2D eigenvalue weighted by atomic mass is 31.3. The molecule has 2 fully saturated rings. The standard InChI is InChI=1S/C52H85N3O16P2/c1-3-5-7-9-11-12-13-14-15-16-17-18-19-20-23-28-32-36-48(57)68-42(39-65-47(56)35-31-27-24-21-22-26-30-34-44-43(69-44)33-29-25-10-8-6-4-2)40-66-72(61,62)71-73(63,64)67-41-45-49(58)50(59)51(70-45)55-38-37-46(53)54-52(55)60/h11-12,14-15,21,24-26,29-30,37-38,42-45,49-51,58-59H,3-10,13,16-20,22-23,27-28,31-36,39-41H2,1-2H3,(H,61,62)(H,63,64)(H2,53,54,60)/b12-11-,15-14-,24-21-,29-25-,30-26-/t42-,43?,44?,45-,49-,50-,51-/m1/s1. The number of carbonyl (C=O) groups is 2. The third kappa shape index (κ3) is 29.3. The number of nitrogen functional groups attached to an aromatic ring is 1.